The van der Waals surface area contributed by atoms with Crippen LogP contribution in [0.3, 0.4) is 0 Å². The van der Waals surface area contributed by atoms with E-state index in [2.05, 4.69) is 25.2 Å². The van der Waals surface area contributed by atoms with Crippen LogP contribution in [0.5, 0.6) is 0 Å². The van der Waals surface area contributed by atoms with E-state index in [4.69, 9.17) is 9.05 Å². The molecule has 0 aliphatic carbocycles. The van der Waals surface area contributed by atoms with Crippen molar-refractivity contribution in [3.63, 3.8) is 0 Å². The lowest BCUT2D eigenvalue weighted by atomic mass is 10.0. The lowest BCUT2D eigenvalue weighted by Gasteiger charge is -2.29. The number of nitrogens with zero attached hydrogens (tertiary/aromatic N) is 1. The van der Waals surface area contributed by atoms with Gasteiger partial charge < -0.3 is 28.8 Å². The number of phosphoric acid groups is 1. The number of allylic oxidation sites excluding steroid dienone is 3. The summed E-state index contributed by atoms with van der Waals surface area (Å²) in [6, 6.07) is -0.911. The second-order valence-corrected chi connectivity index (χ2v) is 16.8. The van der Waals surface area contributed by atoms with Gasteiger partial charge in [0.05, 0.1) is 39.9 Å². The van der Waals surface area contributed by atoms with Gasteiger partial charge in [-0.1, -0.05) is 179 Å². The maximum absolute atomic E-state index is 12.8. The van der Waals surface area contributed by atoms with Crippen LogP contribution in [0.25, 0.3) is 0 Å². The zero-order valence-electron chi connectivity index (χ0n) is 33.4. The van der Waals surface area contributed by atoms with E-state index in [0.717, 1.165) is 32.1 Å². The Balaban J connectivity index is 4.33. The standard InChI is InChI=1S/C41H81N2O6P/c1-6-8-10-12-14-16-17-18-19-20-21-22-23-24-25-27-29-31-33-35-41(45)42-39(38-49-50(46,47)48-37-36-43(3,4)5)40(44)34-32-30-28-26-15-13-11-9-7-2/h28,30,32,34,39-40,44H,6-27,29,31,33,35-38H2,1-5H3,(H-,42,45,46,47)/b30-28+,34-32+/t39-,40+/m0/s1. The number of carbonyl (C=O) groups is 1. The van der Waals surface area contributed by atoms with Gasteiger partial charge in [-0.3, -0.25) is 9.36 Å². The van der Waals surface area contributed by atoms with Gasteiger partial charge in [0.1, 0.15) is 13.2 Å². The Kier molecular flexibility index (Phi) is 33.1. The molecule has 0 aliphatic heterocycles. The van der Waals surface area contributed by atoms with Crippen molar-refractivity contribution in [3.8, 4) is 0 Å². The highest BCUT2D eigenvalue weighted by Gasteiger charge is 2.23. The Bertz CT molecular complexity index is 876. The molecule has 0 heterocycles. The Morgan fingerprint density at radius 1 is 0.700 bits per heavy atom. The maximum Gasteiger partial charge on any atom is 0.268 e. The quantitative estimate of drug-likeness (QED) is 0.0285. The molecule has 0 bridgehead atoms. The number of phosphoric ester groups is 1. The third kappa shape index (κ3) is 35.4. The Labute approximate surface area is 309 Å². The van der Waals surface area contributed by atoms with Crippen LogP contribution in [-0.4, -0.2) is 68.5 Å². The highest BCUT2D eigenvalue weighted by molar-refractivity contribution is 7.45. The molecule has 0 radical (unpaired) electrons. The summed E-state index contributed by atoms with van der Waals surface area (Å²) in [7, 11) is 1.24. The van der Waals surface area contributed by atoms with Gasteiger partial charge in [-0.15, -0.1) is 0 Å². The van der Waals surface area contributed by atoms with Crippen LogP contribution in [-0.2, 0) is 18.4 Å². The minimum atomic E-state index is -4.59. The molecule has 0 aromatic rings. The Hall–Kier alpha value is -1.02. The lowest BCUT2D eigenvalue weighted by molar-refractivity contribution is -0.870. The SMILES string of the molecule is CCCCCCC/C=C/C=C/[C@@H](O)[C@H](COP(=O)([O-])OCC[N+](C)(C)C)NC(=O)CCCCCCCCCCCCCCCCCCCCC. The molecule has 0 aromatic heterocycles. The number of aliphatic hydroxyl groups is 1. The summed E-state index contributed by atoms with van der Waals surface area (Å²) < 4.78 is 23.0. The predicted octanol–water partition coefficient (Wildman–Crippen LogP) is 10.3. The highest BCUT2D eigenvalue weighted by Crippen LogP contribution is 2.38. The first-order valence-electron chi connectivity index (χ1n) is 20.7. The molecule has 0 aromatic carbocycles. The molecule has 0 rings (SSSR count). The number of hydrogen-bond acceptors (Lipinski definition) is 6. The van der Waals surface area contributed by atoms with Crippen molar-refractivity contribution < 1.29 is 32.9 Å². The number of hydrogen-bond donors (Lipinski definition) is 2. The third-order valence-corrected chi connectivity index (χ3v) is 10.2. The van der Waals surface area contributed by atoms with Crippen LogP contribution in [0, 0.1) is 0 Å². The number of carbonyl (C=O) groups excluding carboxylic acids is 1. The minimum Gasteiger partial charge on any atom is -0.756 e. The summed E-state index contributed by atoms with van der Waals surface area (Å²) in [6.45, 7) is 4.56. The molecule has 0 spiro atoms. The molecule has 0 saturated carbocycles. The molecule has 3 atom stereocenters. The maximum atomic E-state index is 12.8. The van der Waals surface area contributed by atoms with Crippen molar-refractivity contribution in [1.82, 2.24) is 5.32 Å². The number of unbranched alkanes of at least 4 members (excludes halogenated alkanes) is 23. The number of likely N-dealkylation sites (N-methyl/N-ethyl adjacent to an activating group) is 1. The van der Waals surface area contributed by atoms with E-state index in [1.165, 1.54) is 128 Å². The molecule has 0 fully saturated rings. The average Bonchev–Trinajstić information content (AvgIpc) is 3.06. The number of rotatable bonds is 37. The van der Waals surface area contributed by atoms with Crippen LogP contribution in [0.15, 0.2) is 24.3 Å². The highest BCUT2D eigenvalue weighted by atomic mass is 31.2. The van der Waals surface area contributed by atoms with Crippen molar-refractivity contribution in [2.45, 2.75) is 193 Å². The summed E-state index contributed by atoms with van der Waals surface area (Å²) in [6.07, 6.45) is 38.2. The van der Waals surface area contributed by atoms with E-state index in [0.29, 0.717) is 17.4 Å². The van der Waals surface area contributed by atoms with Crippen LogP contribution >= 0.6 is 7.82 Å². The minimum absolute atomic E-state index is 0.00754. The summed E-state index contributed by atoms with van der Waals surface area (Å²) in [5.41, 5.74) is 0. The van der Waals surface area contributed by atoms with Crippen molar-refractivity contribution in [1.29, 1.82) is 0 Å². The topological polar surface area (TPSA) is 108 Å². The monoisotopic (exact) mass is 729 g/mol. The van der Waals surface area contributed by atoms with E-state index in [9.17, 15) is 19.4 Å². The van der Waals surface area contributed by atoms with Crippen LogP contribution in [0.2, 0.25) is 0 Å². The second kappa shape index (κ2) is 33.8. The number of aliphatic hydroxyl groups excluding tert-OH is 1. The van der Waals surface area contributed by atoms with Crippen LogP contribution in [0.1, 0.15) is 181 Å². The lowest BCUT2D eigenvalue weighted by Crippen LogP contribution is -2.45. The van der Waals surface area contributed by atoms with Crippen LogP contribution in [0.4, 0.5) is 0 Å². The number of quaternary nitrogens is 1. The number of nitrogens with one attached hydrogen (secondary N) is 1. The van der Waals surface area contributed by atoms with Gasteiger partial charge in [-0.25, -0.2) is 0 Å². The van der Waals surface area contributed by atoms with E-state index in [1.807, 2.05) is 27.2 Å². The van der Waals surface area contributed by atoms with Crippen LogP contribution < -0.4 is 10.2 Å². The smallest absolute Gasteiger partial charge is 0.268 e. The fraction of sp³-hybridized carbons (Fsp3) is 0.878. The van der Waals surface area contributed by atoms with E-state index in [1.54, 1.807) is 12.2 Å². The van der Waals surface area contributed by atoms with Gasteiger partial charge in [-0.2, -0.15) is 0 Å². The molecule has 1 amide bonds. The molecule has 0 saturated heterocycles. The van der Waals surface area contributed by atoms with Crippen molar-refractivity contribution in [2.75, 3.05) is 40.9 Å². The summed E-state index contributed by atoms with van der Waals surface area (Å²) >= 11 is 0. The zero-order chi connectivity index (χ0) is 37.2. The molecular formula is C41H81N2O6P. The first-order valence-corrected chi connectivity index (χ1v) is 22.2. The van der Waals surface area contributed by atoms with Gasteiger partial charge >= 0.3 is 0 Å². The number of amides is 1. The fourth-order valence-corrected chi connectivity index (χ4v) is 6.58. The van der Waals surface area contributed by atoms with Gasteiger partial charge in [-0.05, 0) is 19.3 Å². The van der Waals surface area contributed by atoms with Gasteiger partial charge in [0.25, 0.3) is 7.82 Å². The molecule has 1 unspecified atom stereocenters. The third-order valence-electron chi connectivity index (χ3n) is 9.22. The zero-order valence-corrected chi connectivity index (χ0v) is 34.2. The van der Waals surface area contributed by atoms with Gasteiger partial charge in [0.2, 0.25) is 5.91 Å². The molecule has 9 heteroatoms. The average molecular weight is 729 g/mol. The second-order valence-electron chi connectivity index (χ2n) is 15.4. The van der Waals surface area contributed by atoms with Crippen molar-refractivity contribution >= 4 is 13.7 Å². The largest absolute Gasteiger partial charge is 0.756 e. The molecule has 296 valence electrons. The van der Waals surface area contributed by atoms with E-state index in [-0.39, 0.29) is 12.5 Å². The summed E-state index contributed by atoms with van der Waals surface area (Å²) in [5, 5.41) is 13.6. The Morgan fingerprint density at radius 2 is 1.14 bits per heavy atom. The van der Waals surface area contributed by atoms with E-state index < -0.39 is 26.6 Å². The van der Waals surface area contributed by atoms with Crippen molar-refractivity contribution in [2.24, 2.45) is 0 Å². The van der Waals surface area contributed by atoms with Crippen molar-refractivity contribution in [3.05, 3.63) is 24.3 Å². The first-order chi connectivity index (χ1) is 24.0. The summed E-state index contributed by atoms with van der Waals surface area (Å²) in [5.74, 6) is -0.215. The molecule has 50 heavy (non-hydrogen) atoms. The molecule has 8 nitrogen and oxygen atoms in total. The van der Waals surface area contributed by atoms with Gasteiger partial charge in [0.15, 0.2) is 0 Å². The van der Waals surface area contributed by atoms with E-state index >= 15 is 0 Å². The Morgan fingerprint density at radius 3 is 1.60 bits per heavy atom. The first kappa shape index (κ1) is 49.0. The molecule has 2 N–H and O–H groups in total. The molecular weight excluding hydrogens is 647 g/mol. The molecule has 0 aliphatic rings. The normalized spacial score (nSPS) is 14.8. The predicted molar refractivity (Wildman–Crippen MR) is 210 cm³/mol. The van der Waals surface area contributed by atoms with Gasteiger partial charge in [0, 0.05) is 6.42 Å². The fourth-order valence-electron chi connectivity index (χ4n) is 5.86. The summed E-state index contributed by atoms with van der Waals surface area (Å²) in [4.78, 5) is 25.1.